The van der Waals surface area contributed by atoms with Crippen LogP contribution in [0.2, 0.25) is 0 Å². The van der Waals surface area contributed by atoms with Gasteiger partial charge in [-0.2, -0.15) is 9.97 Å². The summed E-state index contributed by atoms with van der Waals surface area (Å²) < 4.78 is 11.0. The highest BCUT2D eigenvalue weighted by Gasteiger charge is 2.11. The quantitative estimate of drug-likeness (QED) is 0.818. The molecule has 6 nitrogen and oxygen atoms in total. The Hall–Kier alpha value is -1.59. The number of ether oxygens (including phenoxy) is 2. The van der Waals surface area contributed by atoms with Gasteiger partial charge in [-0.1, -0.05) is 6.92 Å². The highest BCUT2D eigenvalue weighted by molar-refractivity contribution is 5.26. The lowest BCUT2D eigenvalue weighted by Crippen LogP contribution is -2.15. The van der Waals surface area contributed by atoms with Crippen LogP contribution in [0.4, 0.5) is 5.95 Å². The van der Waals surface area contributed by atoms with Crippen LogP contribution >= 0.6 is 0 Å². The molecule has 1 N–H and O–H groups in total. The first-order valence-corrected chi connectivity index (χ1v) is 5.82. The van der Waals surface area contributed by atoms with Crippen LogP contribution in [0.5, 0.6) is 12.0 Å². The lowest BCUT2D eigenvalue weighted by molar-refractivity contribution is 0.184. The van der Waals surface area contributed by atoms with Crippen molar-refractivity contribution in [2.75, 3.05) is 12.4 Å². The molecule has 0 aliphatic heterocycles. The average molecular weight is 240 g/mol. The molecule has 0 aliphatic rings. The van der Waals surface area contributed by atoms with Gasteiger partial charge in [-0.3, -0.25) is 0 Å². The topological polar surface area (TPSA) is 69.2 Å². The van der Waals surface area contributed by atoms with E-state index in [4.69, 9.17) is 9.47 Å². The van der Waals surface area contributed by atoms with Gasteiger partial charge in [0.25, 0.3) is 0 Å². The van der Waals surface area contributed by atoms with Gasteiger partial charge < -0.3 is 14.8 Å². The van der Waals surface area contributed by atoms with Crippen molar-refractivity contribution in [3.8, 4) is 12.0 Å². The van der Waals surface area contributed by atoms with Crippen molar-refractivity contribution in [3.63, 3.8) is 0 Å². The normalized spacial score (nSPS) is 12.4. The summed E-state index contributed by atoms with van der Waals surface area (Å²) in [6.07, 6.45) is 0.966. The van der Waals surface area contributed by atoms with Crippen LogP contribution in [-0.4, -0.2) is 34.2 Å². The van der Waals surface area contributed by atoms with E-state index in [1.54, 1.807) is 7.05 Å². The van der Waals surface area contributed by atoms with E-state index in [1.807, 2.05) is 27.7 Å². The highest BCUT2D eigenvalue weighted by atomic mass is 16.5. The Bertz CT molecular complexity index is 357. The van der Waals surface area contributed by atoms with Crippen LogP contribution in [0.15, 0.2) is 0 Å². The smallest absolute Gasteiger partial charge is 0.324 e. The zero-order valence-electron chi connectivity index (χ0n) is 11.0. The van der Waals surface area contributed by atoms with E-state index in [-0.39, 0.29) is 24.2 Å². The fraction of sp³-hybridized carbons (Fsp3) is 0.727. The summed E-state index contributed by atoms with van der Waals surface area (Å²) in [4.78, 5) is 12.3. The highest BCUT2D eigenvalue weighted by Crippen LogP contribution is 2.15. The number of rotatable bonds is 6. The molecule has 0 bridgehead atoms. The van der Waals surface area contributed by atoms with Crippen LogP contribution in [-0.2, 0) is 0 Å². The molecule has 96 valence electrons. The fourth-order valence-electron chi connectivity index (χ4n) is 1.03. The van der Waals surface area contributed by atoms with Gasteiger partial charge in [0.2, 0.25) is 5.95 Å². The number of hydrogen-bond donors (Lipinski definition) is 1. The molecule has 1 aromatic heterocycles. The second kappa shape index (κ2) is 6.22. The molecule has 0 fully saturated rings. The zero-order chi connectivity index (χ0) is 12.8. The third kappa shape index (κ3) is 4.42. The lowest BCUT2D eigenvalue weighted by atomic mass is 10.3. The molecule has 0 saturated carbocycles. The largest absolute Gasteiger partial charge is 0.461 e. The van der Waals surface area contributed by atoms with Gasteiger partial charge in [0.1, 0.15) is 0 Å². The number of aromatic nitrogens is 3. The van der Waals surface area contributed by atoms with Crippen LogP contribution in [0.1, 0.15) is 34.1 Å². The lowest BCUT2D eigenvalue weighted by Gasteiger charge is -2.13. The Morgan fingerprint density at radius 1 is 1.06 bits per heavy atom. The Morgan fingerprint density at radius 2 is 1.65 bits per heavy atom. The van der Waals surface area contributed by atoms with Crippen LogP contribution < -0.4 is 14.8 Å². The molecule has 17 heavy (non-hydrogen) atoms. The Balaban J connectivity index is 2.88. The third-order valence-electron chi connectivity index (χ3n) is 2.04. The van der Waals surface area contributed by atoms with Gasteiger partial charge in [-0.05, 0) is 27.2 Å². The summed E-state index contributed by atoms with van der Waals surface area (Å²) in [7, 11) is 1.74. The van der Waals surface area contributed by atoms with E-state index in [1.165, 1.54) is 0 Å². The standard InChI is InChI=1S/C11H20N4O2/c1-6-8(4)17-11-14-9(12-5)13-10(15-11)16-7(2)3/h7-8H,6H2,1-5H3,(H,12,13,14,15). The van der Waals surface area contributed by atoms with Gasteiger partial charge in [-0.25, -0.2) is 0 Å². The maximum atomic E-state index is 5.55. The summed E-state index contributed by atoms with van der Waals surface area (Å²) >= 11 is 0. The molecule has 0 spiro atoms. The first-order valence-electron chi connectivity index (χ1n) is 5.82. The van der Waals surface area contributed by atoms with E-state index in [0.717, 1.165) is 6.42 Å². The van der Waals surface area contributed by atoms with Gasteiger partial charge in [0, 0.05) is 7.05 Å². The molecule has 1 heterocycles. The van der Waals surface area contributed by atoms with Crippen molar-refractivity contribution < 1.29 is 9.47 Å². The number of nitrogens with zero attached hydrogens (tertiary/aromatic N) is 3. The Labute approximate surface area is 102 Å². The first-order chi connectivity index (χ1) is 8.05. The minimum Gasteiger partial charge on any atom is -0.461 e. The van der Waals surface area contributed by atoms with Crippen LogP contribution in [0.25, 0.3) is 0 Å². The second-order valence-electron chi connectivity index (χ2n) is 3.98. The zero-order valence-corrected chi connectivity index (χ0v) is 11.0. The van der Waals surface area contributed by atoms with Crippen molar-refractivity contribution in [1.82, 2.24) is 15.0 Å². The average Bonchev–Trinajstić information content (AvgIpc) is 2.27. The number of hydrogen-bond acceptors (Lipinski definition) is 6. The summed E-state index contributed by atoms with van der Waals surface area (Å²) in [5, 5.41) is 2.85. The molecule has 1 atom stereocenters. The summed E-state index contributed by atoms with van der Waals surface area (Å²) in [6, 6.07) is 0.562. The molecule has 0 aromatic carbocycles. The summed E-state index contributed by atoms with van der Waals surface area (Å²) in [5.74, 6) is 0.439. The van der Waals surface area contributed by atoms with E-state index in [9.17, 15) is 0 Å². The molecule has 0 radical (unpaired) electrons. The number of anilines is 1. The molecule has 6 heteroatoms. The minimum atomic E-state index is 0.0126. The van der Waals surface area contributed by atoms with Gasteiger partial charge in [0.15, 0.2) is 0 Å². The molecular weight excluding hydrogens is 220 g/mol. The third-order valence-corrected chi connectivity index (χ3v) is 2.04. The molecule has 1 aromatic rings. The molecule has 0 aliphatic carbocycles. The number of nitrogens with one attached hydrogen (secondary N) is 1. The van der Waals surface area contributed by atoms with E-state index in [2.05, 4.69) is 20.3 Å². The van der Waals surface area contributed by atoms with Crippen molar-refractivity contribution in [1.29, 1.82) is 0 Å². The van der Waals surface area contributed by atoms with E-state index >= 15 is 0 Å². The SMILES string of the molecule is CCC(C)Oc1nc(NC)nc(OC(C)C)n1. The predicted molar refractivity (Wildman–Crippen MR) is 65.5 cm³/mol. The van der Waals surface area contributed by atoms with E-state index < -0.39 is 0 Å². The summed E-state index contributed by atoms with van der Waals surface area (Å²) in [6.45, 7) is 7.83. The van der Waals surface area contributed by atoms with Gasteiger partial charge in [-0.15, -0.1) is 4.98 Å². The minimum absolute atomic E-state index is 0.0126. The maximum absolute atomic E-state index is 5.55. The molecule has 1 rings (SSSR count). The molecule has 0 amide bonds. The maximum Gasteiger partial charge on any atom is 0.324 e. The second-order valence-corrected chi connectivity index (χ2v) is 3.98. The Morgan fingerprint density at radius 3 is 2.12 bits per heavy atom. The van der Waals surface area contributed by atoms with Crippen molar-refractivity contribution in [2.24, 2.45) is 0 Å². The molecule has 0 saturated heterocycles. The van der Waals surface area contributed by atoms with E-state index in [0.29, 0.717) is 5.95 Å². The van der Waals surface area contributed by atoms with Crippen molar-refractivity contribution in [3.05, 3.63) is 0 Å². The molecular formula is C11H20N4O2. The van der Waals surface area contributed by atoms with Crippen molar-refractivity contribution in [2.45, 2.75) is 46.3 Å². The van der Waals surface area contributed by atoms with Gasteiger partial charge in [0.05, 0.1) is 12.2 Å². The van der Waals surface area contributed by atoms with Crippen LogP contribution in [0, 0.1) is 0 Å². The van der Waals surface area contributed by atoms with Crippen LogP contribution in [0.3, 0.4) is 0 Å². The fourth-order valence-corrected chi connectivity index (χ4v) is 1.03. The van der Waals surface area contributed by atoms with Gasteiger partial charge >= 0.3 is 12.0 Å². The Kier molecular flexibility index (Phi) is 4.93. The first kappa shape index (κ1) is 13.5. The summed E-state index contributed by atoms with van der Waals surface area (Å²) in [5.41, 5.74) is 0. The monoisotopic (exact) mass is 240 g/mol. The molecule has 1 unspecified atom stereocenters. The van der Waals surface area contributed by atoms with Crippen molar-refractivity contribution >= 4 is 5.95 Å². The predicted octanol–water partition coefficient (Wildman–Crippen LogP) is 1.88.